The summed E-state index contributed by atoms with van der Waals surface area (Å²) >= 11 is 3.45. The van der Waals surface area contributed by atoms with Crippen LogP contribution in [0.1, 0.15) is 45.1 Å². The molecule has 2 rings (SSSR count). The molecule has 2 aromatic carbocycles. The van der Waals surface area contributed by atoms with E-state index >= 15 is 0 Å². The zero-order valence-electron chi connectivity index (χ0n) is 20.0. The van der Waals surface area contributed by atoms with Crippen LogP contribution in [0.4, 0.5) is 0 Å². The quantitative estimate of drug-likeness (QED) is 0.378. The Morgan fingerprint density at radius 1 is 1.06 bits per heavy atom. The molecule has 1 N–H and O–H groups in total. The molecule has 34 heavy (non-hydrogen) atoms. The third-order valence-electron chi connectivity index (χ3n) is 5.55. The zero-order chi connectivity index (χ0) is 25.1. The van der Waals surface area contributed by atoms with E-state index in [-0.39, 0.29) is 29.7 Å². The number of sulfonamides is 1. The van der Waals surface area contributed by atoms with E-state index in [0.717, 1.165) is 22.9 Å². The van der Waals surface area contributed by atoms with Crippen molar-refractivity contribution in [1.29, 1.82) is 0 Å². The van der Waals surface area contributed by atoms with Gasteiger partial charge in [-0.2, -0.15) is 0 Å². The lowest BCUT2D eigenvalue weighted by Gasteiger charge is -2.29. The Bertz CT molecular complexity index is 1050. The van der Waals surface area contributed by atoms with E-state index in [0.29, 0.717) is 19.5 Å². The van der Waals surface area contributed by atoms with Crippen molar-refractivity contribution in [3.8, 4) is 0 Å². The van der Waals surface area contributed by atoms with Crippen LogP contribution < -0.4 is 5.32 Å². The number of carbonyl (C=O) groups is 2. The Labute approximate surface area is 211 Å². The maximum absolute atomic E-state index is 13.2. The molecule has 1 atom stereocenters. The molecule has 0 fully saturated rings. The van der Waals surface area contributed by atoms with Crippen molar-refractivity contribution in [2.75, 3.05) is 20.1 Å². The number of unbranched alkanes of at least 4 members (excludes halogenated alkanes) is 1. The summed E-state index contributed by atoms with van der Waals surface area (Å²) in [6.07, 6.45) is 2.32. The van der Waals surface area contributed by atoms with Gasteiger partial charge in [0.05, 0.1) is 4.90 Å². The van der Waals surface area contributed by atoms with Gasteiger partial charge in [-0.3, -0.25) is 9.59 Å². The lowest BCUT2D eigenvalue weighted by Crippen LogP contribution is -2.47. The van der Waals surface area contributed by atoms with Crippen LogP contribution in [0, 0.1) is 0 Å². The number of amides is 2. The van der Waals surface area contributed by atoms with Crippen molar-refractivity contribution in [3.05, 3.63) is 64.6 Å². The molecule has 0 saturated heterocycles. The molecule has 0 bridgehead atoms. The van der Waals surface area contributed by atoms with Gasteiger partial charge in [0.15, 0.2) is 0 Å². The molecule has 0 aliphatic rings. The minimum absolute atomic E-state index is 0.134. The number of benzene rings is 2. The number of nitrogens with one attached hydrogen (secondary N) is 1. The van der Waals surface area contributed by atoms with Gasteiger partial charge < -0.3 is 10.2 Å². The summed E-state index contributed by atoms with van der Waals surface area (Å²) in [5, 5.41) is 2.90. The Morgan fingerprint density at radius 2 is 1.76 bits per heavy atom. The van der Waals surface area contributed by atoms with E-state index in [9.17, 15) is 18.0 Å². The Kier molecular flexibility index (Phi) is 11.2. The molecular weight excluding hydrogens is 518 g/mol. The maximum Gasteiger partial charge on any atom is 0.242 e. The van der Waals surface area contributed by atoms with Crippen LogP contribution in [0.5, 0.6) is 0 Å². The molecule has 7 nitrogen and oxygen atoms in total. The first-order valence-corrected chi connectivity index (χ1v) is 13.7. The van der Waals surface area contributed by atoms with Crippen molar-refractivity contribution < 1.29 is 18.0 Å². The predicted octanol–water partition coefficient (Wildman–Crippen LogP) is 4.18. The minimum atomic E-state index is -3.61. The molecule has 0 heterocycles. The molecule has 0 aromatic heterocycles. The highest BCUT2D eigenvalue weighted by molar-refractivity contribution is 9.10. The normalized spacial score (nSPS) is 12.4. The topological polar surface area (TPSA) is 86.8 Å². The smallest absolute Gasteiger partial charge is 0.242 e. The van der Waals surface area contributed by atoms with Gasteiger partial charge in [0.25, 0.3) is 0 Å². The van der Waals surface area contributed by atoms with E-state index in [4.69, 9.17) is 0 Å². The van der Waals surface area contributed by atoms with E-state index in [1.807, 2.05) is 31.2 Å². The zero-order valence-corrected chi connectivity index (χ0v) is 22.4. The van der Waals surface area contributed by atoms with E-state index in [1.165, 1.54) is 11.4 Å². The number of hydrogen-bond acceptors (Lipinski definition) is 4. The van der Waals surface area contributed by atoms with Crippen LogP contribution in [-0.4, -0.2) is 55.6 Å². The van der Waals surface area contributed by atoms with Gasteiger partial charge in [-0.05, 0) is 49.6 Å². The van der Waals surface area contributed by atoms with E-state index in [1.54, 1.807) is 42.2 Å². The minimum Gasteiger partial charge on any atom is -0.354 e. The second-order valence-electron chi connectivity index (χ2n) is 8.22. The van der Waals surface area contributed by atoms with Crippen LogP contribution >= 0.6 is 15.9 Å². The molecule has 0 saturated carbocycles. The van der Waals surface area contributed by atoms with Gasteiger partial charge in [0.2, 0.25) is 21.8 Å². The largest absolute Gasteiger partial charge is 0.354 e. The number of carbonyl (C=O) groups excluding carboxylic acids is 2. The second-order valence-corrected chi connectivity index (χ2v) is 11.2. The fraction of sp³-hybridized carbons (Fsp3) is 0.440. The molecule has 0 spiro atoms. The molecule has 1 unspecified atom stereocenters. The van der Waals surface area contributed by atoms with Crippen LogP contribution in [0.3, 0.4) is 0 Å². The fourth-order valence-corrected chi connectivity index (χ4v) is 5.12. The SMILES string of the molecule is CCCCNC(=O)C(C)N(Cc1cccc(Br)c1)C(=O)CCCN(C)S(=O)(=O)c1ccccc1. The van der Waals surface area contributed by atoms with Gasteiger partial charge in [-0.25, -0.2) is 12.7 Å². The standard InChI is InChI=1S/C25H34BrN3O4S/c1-4-5-16-27-25(31)20(2)29(19-21-11-9-12-22(26)18-21)24(30)15-10-17-28(3)34(32,33)23-13-7-6-8-14-23/h6-9,11-14,18,20H,4-5,10,15-17,19H2,1-3H3,(H,27,31). The highest BCUT2D eigenvalue weighted by Crippen LogP contribution is 2.18. The maximum atomic E-state index is 13.2. The number of hydrogen-bond donors (Lipinski definition) is 1. The number of halogens is 1. The lowest BCUT2D eigenvalue weighted by atomic mass is 10.1. The molecule has 2 aromatic rings. The van der Waals surface area contributed by atoms with Gasteiger partial charge in [0, 0.05) is 37.6 Å². The summed E-state index contributed by atoms with van der Waals surface area (Å²) < 4.78 is 27.6. The Balaban J connectivity index is 2.06. The summed E-state index contributed by atoms with van der Waals surface area (Å²) in [7, 11) is -2.10. The third-order valence-corrected chi connectivity index (χ3v) is 7.92. The van der Waals surface area contributed by atoms with Gasteiger partial charge in [-0.15, -0.1) is 0 Å². The molecule has 2 amide bonds. The second kappa shape index (κ2) is 13.6. The Hall–Kier alpha value is -2.23. The van der Waals surface area contributed by atoms with Crippen LogP contribution in [0.25, 0.3) is 0 Å². The van der Waals surface area contributed by atoms with Crippen molar-refractivity contribution in [2.45, 2.75) is 57.0 Å². The first-order valence-electron chi connectivity index (χ1n) is 11.5. The monoisotopic (exact) mass is 551 g/mol. The summed E-state index contributed by atoms with van der Waals surface area (Å²) in [6.45, 7) is 4.83. The third kappa shape index (κ3) is 8.21. The van der Waals surface area contributed by atoms with E-state index < -0.39 is 16.1 Å². The van der Waals surface area contributed by atoms with Crippen molar-refractivity contribution in [3.63, 3.8) is 0 Å². The molecule has 0 aliphatic heterocycles. The Morgan fingerprint density at radius 3 is 2.41 bits per heavy atom. The number of rotatable bonds is 13. The first kappa shape index (κ1) is 28.0. The summed E-state index contributed by atoms with van der Waals surface area (Å²) in [4.78, 5) is 27.6. The van der Waals surface area contributed by atoms with Gasteiger partial charge in [-0.1, -0.05) is 59.6 Å². The molecule has 186 valence electrons. The average molecular weight is 553 g/mol. The van der Waals surface area contributed by atoms with Gasteiger partial charge in [0.1, 0.15) is 6.04 Å². The van der Waals surface area contributed by atoms with Crippen molar-refractivity contribution in [1.82, 2.24) is 14.5 Å². The van der Waals surface area contributed by atoms with Crippen LogP contribution in [0.15, 0.2) is 64.0 Å². The van der Waals surface area contributed by atoms with Crippen molar-refractivity contribution >= 4 is 37.8 Å². The molecule has 0 radical (unpaired) electrons. The highest BCUT2D eigenvalue weighted by atomic mass is 79.9. The highest BCUT2D eigenvalue weighted by Gasteiger charge is 2.26. The van der Waals surface area contributed by atoms with Gasteiger partial charge >= 0.3 is 0 Å². The molecular formula is C25H34BrN3O4S. The summed E-state index contributed by atoms with van der Waals surface area (Å²) in [6, 6.07) is 15.2. The average Bonchev–Trinajstić information content (AvgIpc) is 2.82. The van der Waals surface area contributed by atoms with Crippen molar-refractivity contribution in [2.24, 2.45) is 0 Å². The molecule has 9 heteroatoms. The number of nitrogens with zero attached hydrogens (tertiary/aromatic N) is 2. The van der Waals surface area contributed by atoms with Crippen LogP contribution in [-0.2, 0) is 26.2 Å². The molecule has 0 aliphatic carbocycles. The summed E-state index contributed by atoms with van der Waals surface area (Å²) in [5.41, 5.74) is 0.903. The summed E-state index contributed by atoms with van der Waals surface area (Å²) in [5.74, 6) is -0.385. The lowest BCUT2D eigenvalue weighted by molar-refractivity contribution is -0.140. The predicted molar refractivity (Wildman–Crippen MR) is 138 cm³/mol. The van der Waals surface area contributed by atoms with E-state index in [2.05, 4.69) is 21.2 Å². The van der Waals surface area contributed by atoms with Crippen LogP contribution in [0.2, 0.25) is 0 Å². The first-order chi connectivity index (χ1) is 16.2. The fourth-order valence-electron chi connectivity index (χ4n) is 3.44.